The van der Waals surface area contributed by atoms with Crippen molar-refractivity contribution in [3.63, 3.8) is 0 Å². The van der Waals surface area contributed by atoms with Gasteiger partial charge < -0.3 is 15.0 Å². The zero-order chi connectivity index (χ0) is 36.8. The Morgan fingerprint density at radius 2 is 1.59 bits per heavy atom. The molecule has 1 N–H and O–H groups in total. The van der Waals surface area contributed by atoms with Crippen LogP contribution < -0.4 is 14.4 Å². The SMILES string of the molecule is COc1cccc(CN(C(=O)CN(c2ccc(Cl)c(C(F)(F)F)c2)S(=O)(=O)c2ccc(C)cc2)[C@H](Cc2ccccc2)C(=O)NC2CCCC2)c1. The molecule has 2 amide bonds. The van der Waals surface area contributed by atoms with Crippen molar-refractivity contribution in [1.29, 1.82) is 0 Å². The van der Waals surface area contributed by atoms with E-state index >= 15 is 0 Å². The molecule has 0 bridgehead atoms. The molecule has 4 aromatic carbocycles. The van der Waals surface area contributed by atoms with E-state index in [2.05, 4.69) is 5.32 Å². The maximum absolute atomic E-state index is 14.7. The van der Waals surface area contributed by atoms with Gasteiger partial charge in [0.1, 0.15) is 18.3 Å². The normalized spacial score (nSPS) is 14.2. The highest BCUT2D eigenvalue weighted by molar-refractivity contribution is 7.92. The Labute approximate surface area is 301 Å². The Morgan fingerprint density at radius 3 is 2.24 bits per heavy atom. The number of sulfonamides is 1. The Kier molecular flexibility index (Phi) is 12.0. The summed E-state index contributed by atoms with van der Waals surface area (Å²) < 4.78 is 76.7. The van der Waals surface area contributed by atoms with Crippen LogP contribution >= 0.6 is 11.6 Å². The fourth-order valence-electron chi connectivity index (χ4n) is 6.14. The molecule has 4 aromatic rings. The van der Waals surface area contributed by atoms with E-state index in [-0.39, 0.29) is 23.9 Å². The number of alkyl halides is 3. The summed E-state index contributed by atoms with van der Waals surface area (Å²) in [6, 6.07) is 23.2. The van der Waals surface area contributed by atoms with E-state index in [1.807, 2.05) is 30.3 Å². The largest absolute Gasteiger partial charge is 0.497 e. The molecule has 1 saturated carbocycles. The molecule has 0 saturated heterocycles. The molecule has 51 heavy (non-hydrogen) atoms. The van der Waals surface area contributed by atoms with E-state index in [4.69, 9.17) is 16.3 Å². The second-order valence-electron chi connectivity index (χ2n) is 12.6. The first kappa shape index (κ1) is 37.7. The standard InChI is InChI=1S/C38H39ClF3N3O5S/c1-26-15-18-32(19-16-26)51(48,49)45(30-17-20-34(39)33(23-30)38(40,41)42)25-36(46)44(24-28-11-8-14-31(21-28)50-2)35(22-27-9-4-3-5-10-27)37(47)43-29-12-6-7-13-29/h3-5,8-11,14-21,23,29,35H,6-7,12-13,22,24-25H2,1-2H3,(H,43,47)/t35-/m1/s1. The van der Waals surface area contributed by atoms with Crippen molar-refractivity contribution in [2.24, 2.45) is 0 Å². The number of carbonyl (C=O) groups is 2. The van der Waals surface area contributed by atoms with E-state index in [0.29, 0.717) is 21.7 Å². The molecule has 1 atom stereocenters. The second-order valence-corrected chi connectivity index (χ2v) is 14.8. The maximum atomic E-state index is 14.7. The van der Waals surface area contributed by atoms with Crippen LogP contribution in [0, 0.1) is 6.92 Å². The van der Waals surface area contributed by atoms with Crippen molar-refractivity contribution in [3.05, 3.63) is 124 Å². The zero-order valence-corrected chi connectivity index (χ0v) is 29.8. The number of ether oxygens (including phenoxy) is 1. The number of hydrogen-bond acceptors (Lipinski definition) is 5. The van der Waals surface area contributed by atoms with Crippen LogP contribution in [0.3, 0.4) is 0 Å². The first-order chi connectivity index (χ1) is 24.3. The number of halogens is 4. The fraction of sp³-hybridized carbons (Fsp3) is 0.316. The molecule has 0 spiro atoms. The molecule has 1 aliphatic rings. The average molecular weight is 742 g/mol. The minimum Gasteiger partial charge on any atom is -0.497 e. The first-order valence-corrected chi connectivity index (χ1v) is 18.3. The number of carbonyl (C=O) groups excluding carboxylic acids is 2. The molecule has 1 aliphatic carbocycles. The van der Waals surface area contributed by atoms with E-state index in [1.165, 1.54) is 24.1 Å². The van der Waals surface area contributed by atoms with Crippen LogP contribution in [0.25, 0.3) is 0 Å². The number of rotatable bonds is 13. The quantitative estimate of drug-likeness (QED) is 0.153. The van der Waals surface area contributed by atoms with Crippen molar-refractivity contribution in [2.45, 2.75) is 68.7 Å². The monoisotopic (exact) mass is 741 g/mol. The average Bonchev–Trinajstić information content (AvgIpc) is 3.62. The highest BCUT2D eigenvalue weighted by Gasteiger charge is 2.38. The van der Waals surface area contributed by atoms with Crippen LogP contribution in [0.15, 0.2) is 102 Å². The summed E-state index contributed by atoms with van der Waals surface area (Å²) in [5.41, 5.74) is 0.419. The first-order valence-electron chi connectivity index (χ1n) is 16.5. The fourth-order valence-corrected chi connectivity index (χ4v) is 7.77. The van der Waals surface area contributed by atoms with Gasteiger partial charge in [-0.25, -0.2) is 8.42 Å². The van der Waals surface area contributed by atoms with E-state index in [9.17, 15) is 31.2 Å². The molecule has 0 radical (unpaired) electrons. The van der Waals surface area contributed by atoms with Crippen LogP contribution in [-0.2, 0) is 38.8 Å². The van der Waals surface area contributed by atoms with Crippen LogP contribution in [0.2, 0.25) is 5.02 Å². The van der Waals surface area contributed by atoms with Gasteiger partial charge in [-0.1, -0.05) is 84.6 Å². The number of anilines is 1. The van der Waals surface area contributed by atoms with Gasteiger partial charge in [0.15, 0.2) is 0 Å². The number of hydrogen-bond donors (Lipinski definition) is 1. The topological polar surface area (TPSA) is 96.0 Å². The number of aryl methyl sites for hydroxylation is 1. The predicted molar refractivity (Wildman–Crippen MR) is 190 cm³/mol. The molecule has 0 aromatic heterocycles. The summed E-state index contributed by atoms with van der Waals surface area (Å²) in [4.78, 5) is 29.9. The lowest BCUT2D eigenvalue weighted by Crippen LogP contribution is -2.54. The number of nitrogens with one attached hydrogen (secondary N) is 1. The molecule has 0 heterocycles. The second kappa shape index (κ2) is 16.2. The molecule has 13 heteroatoms. The molecular formula is C38H39ClF3N3O5S. The third kappa shape index (κ3) is 9.42. The van der Waals surface area contributed by atoms with Gasteiger partial charge >= 0.3 is 6.18 Å². The molecule has 5 rings (SSSR count). The van der Waals surface area contributed by atoms with Gasteiger partial charge in [0.25, 0.3) is 10.0 Å². The Bertz CT molecular complexity index is 1940. The molecule has 0 aliphatic heterocycles. The van der Waals surface area contributed by atoms with E-state index in [0.717, 1.165) is 48.9 Å². The highest BCUT2D eigenvalue weighted by Crippen LogP contribution is 2.38. The van der Waals surface area contributed by atoms with Gasteiger partial charge in [0.05, 0.1) is 28.3 Å². The number of benzene rings is 4. The van der Waals surface area contributed by atoms with Crippen molar-refractivity contribution in [1.82, 2.24) is 10.2 Å². The van der Waals surface area contributed by atoms with Crippen LogP contribution in [-0.4, -0.2) is 50.9 Å². The van der Waals surface area contributed by atoms with Gasteiger partial charge in [-0.2, -0.15) is 13.2 Å². The van der Waals surface area contributed by atoms with Gasteiger partial charge in [-0.3, -0.25) is 13.9 Å². The summed E-state index contributed by atoms with van der Waals surface area (Å²) in [6.07, 6.45) is -1.34. The Hall–Kier alpha value is -4.55. The molecular weight excluding hydrogens is 703 g/mol. The predicted octanol–water partition coefficient (Wildman–Crippen LogP) is 7.57. The lowest BCUT2D eigenvalue weighted by Gasteiger charge is -2.34. The van der Waals surface area contributed by atoms with Gasteiger partial charge in [0.2, 0.25) is 11.8 Å². The van der Waals surface area contributed by atoms with Gasteiger partial charge in [-0.15, -0.1) is 0 Å². The highest BCUT2D eigenvalue weighted by atomic mass is 35.5. The number of amides is 2. The summed E-state index contributed by atoms with van der Waals surface area (Å²) in [6.45, 7) is 0.714. The number of nitrogens with zero attached hydrogens (tertiary/aromatic N) is 2. The van der Waals surface area contributed by atoms with Crippen molar-refractivity contribution < 1.29 is 35.9 Å². The lowest BCUT2D eigenvalue weighted by atomic mass is 10.0. The van der Waals surface area contributed by atoms with E-state index in [1.54, 1.807) is 43.3 Å². The van der Waals surface area contributed by atoms with Crippen molar-refractivity contribution in [3.8, 4) is 5.75 Å². The molecule has 8 nitrogen and oxygen atoms in total. The lowest BCUT2D eigenvalue weighted by molar-refractivity contribution is -0.140. The summed E-state index contributed by atoms with van der Waals surface area (Å²) in [7, 11) is -3.14. The van der Waals surface area contributed by atoms with E-state index < -0.39 is 56.9 Å². The third-order valence-corrected chi connectivity index (χ3v) is 11.0. The molecule has 270 valence electrons. The third-order valence-electron chi connectivity index (χ3n) is 8.89. The van der Waals surface area contributed by atoms with Gasteiger partial charge in [-0.05, 0) is 73.4 Å². The molecule has 1 fully saturated rings. The van der Waals surface area contributed by atoms with Crippen LogP contribution in [0.5, 0.6) is 5.75 Å². The zero-order valence-electron chi connectivity index (χ0n) is 28.2. The summed E-state index contributed by atoms with van der Waals surface area (Å²) >= 11 is 5.91. The van der Waals surface area contributed by atoms with Crippen molar-refractivity contribution in [2.75, 3.05) is 18.0 Å². The minimum atomic E-state index is -4.91. The van der Waals surface area contributed by atoms with Crippen molar-refractivity contribution >= 4 is 39.1 Å². The molecule has 0 unspecified atom stereocenters. The van der Waals surface area contributed by atoms with Crippen LogP contribution in [0.1, 0.15) is 47.9 Å². The summed E-state index contributed by atoms with van der Waals surface area (Å²) in [5, 5.41) is 2.46. The Balaban J connectivity index is 1.62. The van der Waals surface area contributed by atoms with Crippen LogP contribution in [0.4, 0.5) is 18.9 Å². The Morgan fingerprint density at radius 1 is 0.922 bits per heavy atom. The minimum absolute atomic E-state index is 0.0854. The summed E-state index contributed by atoms with van der Waals surface area (Å²) in [5.74, 6) is -0.723. The maximum Gasteiger partial charge on any atom is 0.417 e. The van der Waals surface area contributed by atoms with Gasteiger partial charge in [0, 0.05) is 19.0 Å². The smallest absolute Gasteiger partial charge is 0.417 e. The number of methoxy groups -OCH3 is 1.